The number of aryl methyl sites for hydroxylation is 1. The maximum atomic E-state index is 12.9. The van der Waals surface area contributed by atoms with Crippen LogP contribution in [-0.2, 0) is 18.4 Å². The van der Waals surface area contributed by atoms with E-state index in [9.17, 15) is 4.79 Å². The topological polar surface area (TPSA) is 87.4 Å². The molecule has 2 aliphatic rings. The van der Waals surface area contributed by atoms with E-state index in [0.29, 0.717) is 12.5 Å². The molecule has 1 aromatic heterocycles. The van der Waals surface area contributed by atoms with Crippen LogP contribution in [0.5, 0.6) is 0 Å². The molecule has 1 atom stereocenters. The van der Waals surface area contributed by atoms with Gasteiger partial charge in [-0.25, -0.2) is 4.99 Å². The van der Waals surface area contributed by atoms with E-state index in [2.05, 4.69) is 32.0 Å². The molecule has 2 N–H and O–H groups in total. The van der Waals surface area contributed by atoms with Crippen LogP contribution < -0.4 is 10.6 Å². The van der Waals surface area contributed by atoms with E-state index in [1.807, 2.05) is 30.3 Å². The minimum Gasteiger partial charge on any atom is -0.356 e. The average Bonchev–Trinajstić information content (AvgIpc) is 3.36. The number of likely N-dealkylation sites (tertiary alicyclic amines) is 1. The first-order valence-corrected chi connectivity index (χ1v) is 12.6. The Hall–Kier alpha value is -1.04. The summed E-state index contributed by atoms with van der Waals surface area (Å²) in [4.78, 5) is 19.7. The van der Waals surface area contributed by atoms with Gasteiger partial charge in [0.1, 0.15) is 12.4 Å². The maximum Gasteiger partial charge on any atom is 0.225 e. The van der Waals surface area contributed by atoms with Crippen LogP contribution in [0.4, 0.5) is 0 Å². The Balaban J connectivity index is 0.00000341. The summed E-state index contributed by atoms with van der Waals surface area (Å²) in [5, 5.41) is 15.3. The molecule has 176 valence electrons. The van der Waals surface area contributed by atoms with Crippen molar-refractivity contribution in [1.82, 2.24) is 30.3 Å². The monoisotopic (exact) mass is 563 g/mol. The number of carbonyl (C=O) groups is 1. The van der Waals surface area contributed by atoms with Crippen LogP contribution in [0.2, 0.25) is 0 Å². The highest BCUT2D eigenvalue weighted by Crippen LogP contribution is 2.26. The number of rotatable bonds is 8. The summed E-state index contributed by atoms with van der Waals surface area (Å²) < 4.78 is 1.97. The molecular weight excluding hydrogens is 525 g/mol. The van der Waals surface area contributed by atoms with Crippen molar-refractivity contribution in [2.24, 2.45) is 18.0 Å². The number of aromatic nitrogens is 3. The van der Waals surface area contributed by atoms with Gasteiger partial charge in [-0.15, -0.1) is 34.2 Å². The van der Waals surface area contributed by atoms with E-state index in [1.165, 1.54) is 19.3 Å². The maximum absolute atomic E-state index is 12.9. The van der Waals surface area contributed by atoms with Gasteiger partial charge in [0, 0.05) is 38.6 Å². The van der Waals surface area contributed by atoms with E-state index in [0.717, 1.165) is 68.7 Å². The highest BCUT2D eigenvalue weighted by atomic mass is 127. The third-order valence-corrected chi connectivity index (χ3v) is 6.87. The predicted molar refractivity (Wildman–Crippen MR) is 138 cm³/mol. The number of amides is 1. The third-order valence-electron chi connectivity index (χ3n) is 6.17. The van der Waals surface area contributed by atoms with Gasteiger partial charge in [-0.1, -0.05) is 19.3 Å². The Bertz CT molecular complexity index is 721. The molecule has 31 heavy (non-hydrogen) atoms. The van der Waals surface area contributed by atoms with Gasteiger partial charge in [-0.05, 0) is 44.6 Å². The van der Waals surface area contributed by atoms with Gasteiger partial charge >= 0.3 is 0 Å². The van der Waals surface area contributed by atoms with Crippen molar-refractivity contribution < 1.29 is 4.79 Å². The Kier molecular flexibility index (Phi) is 11.4. The van der Waals surface area contributed by atoms with Gasteiger partial charge in [0.25, 0.3) is 0 Å². The predicted octanol–water partition coefficient (Wildman–Crippen LogP) is 2.71. The second kappa shape index (κ2) is 13.5. The fraction of sp³-hybridized carbons (Fsp3) is 0.810. The lowest BCUT2D eigenvalue weighted by molar-refractivity contribution is -0.135. The number of hydrogen-bond acceptors (Lipinski definition) is 5. The van der Waals surface area contributed by atoms with Gasteiger partial charge in [-0.3, -0.25) is 4.79 Å². The van der Waals surface area contributed by atoms with Crippen molar-refractivity contribution >= 4 is 47.6 Å². The van der Waals surface area contributed by atoms with Crippen LogP contribution in [0.1, 0.15) is 56.6 Å². The number of hydrogen-bond donors (Lipinski definition) is 2. The molecule has 2 fully saturated rings. The second-order valence-corrected chi connectivity index (χ2v) is 9.40. The van der Waals surface area contributed by atoms with Crippen molar-refractivity contribution in [3.8, 4) is 0 Å². The van der Waals surface area contributed by atoms with E-state index in [-0.39, 0.29) is 35.9 Å². The first kappa shape index (κ1) is 26.2. The first-order chi connectivity index (χ1) is 14.6. The SMILES string of the molecule is CSCCCNC(=NCc1nnc(C)n1C)NC1CCN(C(=O)C2CCCCC2)C1.I. The van der Waals surface area contributed by atoms with E-state index >= 15 is 0 Å². The number of nitrogens with zero attached hydrogens (tertiary/aromatic N) is 5. The number of nitrogens with one attached hydrogen (secondary N) is 2. The van der Waals surface area contributed by atoms with Gasteiger partial charge in [0.15, 0.2) is 11.8 Å². The quantitative estimate of drug-likeness (QED) is 0.219. The molecule has 8 nitrogen and oxygen atoms in total. The molecule has 1 aliphatic heterocycles. The zero-order chi connectivity index (χ0) is 21.3. The standard InChI is InChI=1S/C21H37N7OS.HI/c1-16-25-26-19(27(16)2)14-23-21(22-11-7-13-30-3)24-18-10-12-28(15-18)20(29)17-8-5-4-6-9-17;/h17-18H,4-15H2,1-3H3,(H2,22,23,24);1H. The van der Waals surface area contributed by atoms with Crippen LogP contribution in [0.3, 0.4) is 0 Å². The molecule has 0 bridgehead atoms. The number of thioether (sulfide) groups is 1. The van der Waals surface area contributed by atoms with E-state index in [4.69, 9.17) is 4.99 Å². The van der Waals surface area contributed by atoms with Crippen molar-refractivity contribution in [3.63, 3.8) is 0 Å². The fourth-order valence-electron chi connectivity index (χ4n) is 4.19. The fourth-order valence-corrected chi connectivity index (χ4v) is 4.63. The van der Waals surface area contributed by atoms with Crippen LogP contribution in [0.25, 0.3) is 0 Å². The summed E-state index contributed by atoms with van der Waals surface area (Å²) in [6, 6.07) is 0.241. The van der Waals surface area contributed by atoms with Crippen molar-refractivity contribution in [2.75, 3.05) is 31.6 Å². The number of halogens is 1. The van der Waals surface area contributed by atoms with Crippen LogP contribution in [0, 0.1) is 12.8 Å². The highest BCUT2D eigenvalue weighted by Gasteiger charge is 2.31. The summed E-state index contributed by atoms with van der Waals surface area (Å²) in [7, 11) is 1.96. The molecule has 1 unspecified atom stereocenters. The van der Waals surface area contributed by atoms with E-state index in [1.54, 1.807) is 0 Å². The molecule has 1 amide bonds. The number of guanidine groups is 1. The molecule has 3 rings (SSSR count). The van der Waals surface area contributed by atoms with Crippen molar-refractivity contribution in [1.29, 1.82) is 0 Å². The average molecular weight is 564 g/mol. The molecular formula is C21H38IN7OS. The minimum absolute atomic E-state index is 0. The lowest BCUT2D eigenvalue weighted by Crippen LogP contribution is -2.46. The van der Waals surface area contributed by atoms with Crippen LogP contribution in [-0.4, -0.2) is 69.2 Å². The summed E-state index contributed by atoms with van der Waals surface area (Å²) in [6.45, 7) is 4.91. The van der Waals surface area contributed by atoms with Gasteiger partial charge in [0.2, 0.25) is 5.91 Å². The van der Waals surface area contributed by atoms with Crippen molar-refractivity contribution in [3.05, 3.63) is 11.6 Å². The highest BCUT2D eigenvalue weighted by molar-refractivity contribution is 14.0. The largest absolute Gasteiger partial charge is 0.356 e. The third kappa shape index (κ3) is 7.80. The molecule has 0 aromatic carbocycles. The number of aliphatic imine (C=N–C) groups is 1. The summed E-state index contributed by atoms with van der Waals surface area (Å²) in [6.07, 6.45) is 9.98. The Morgan fingerprint density at radius 3 is 2.68 bits per heavy atom. The molecule has 1 aromatic rings. The Labute approximate surface area is 207 Å². The van der Waals surface area contributed by atoms with Crippen LogP contribution >= 0.6 is 35.7 Å². The second-order valence-electron chi connectivity index (χ2n) is 8.41. The van der Waals surface area contributed by atoms with Gasteiger partial charge < -0.3 is 20.1 Å². The molecule has 2 heterocycles. The molecule has 0 spiro atoms. The lowest BCUT2D eigenvalue weighted by Gasteiger charge is -2.26. The lowest BCUT2D eigenvalue weighted by atomic mass is 9.88. The molecule has 1 saturated heterocycles. The summed E-state index contributed by atoms with van der Waals surface area (Å²) in [5.41, 5.74) is 0. The number of carbonyl (C=O) groups excluding carboxylic acids is 1. The molecule has 1 saturated carbocycles. The minimum atomic E-state index is 0. The van der Waals surface area contributed by atoms with Gasteiger partial charge in [-0.2, -0.15) is 11.8 Å². The molecule has 10 heteroatoms. The first-order valence-electron chi connectivity index (χ1n) is 11.3. The zero-order valence-corrected chi connectivity index (χ0v) is 22.2. The Morgan fingerprint density at radius 1 is 1.23 bits per heavy atom. The zero-order valence-electron chi connectivity index (χ0n) is 19.1. The molecule has 0 radical (unpaired) electrons. The van der Waals surface area contributed by atoms with Gasteiger partial charge in [0.05, 0.1) is 0 Å². The van der Waals surface area contributed by atoms with Crippen LogP contribution in [0.15, 0.2) is 4.99 Å². The smallest absolute Gasteiger partial charge is 0.225 e. The Morgan fingerprint density at radius 2 is 2.00 bits per heavy atom. The van der Waals surface area contributed by atoms with E-state index < -0.39 is 0 Å². The van der Waals surface area contributed by atoms with Crippen molar-refractivity contribution in [2.45, 2.75) is 64.5 Å². The summed E-state index contributed by atoms with van der Waals surface area (Å²) in [5.74, 6) is 4.26. The normalized spacial score (nSPS) is 19.9. The summed E-state index contributed by atoms with van der Waals surface area (Å²) >= 11 is 1.85. The molecule has 1 aliphatic carbocycles.